The van der Waals surface area contributed by atoms with Crippen LogP contribution >= 0.6 is 0 Å². The molecular formula is C14H19N3O2. The second-order valence-corrected chi connectivity index (χ2v) is 5.75. The second-order valence-electron chi connectivity index (χ2n) is 5.75. The Kier molecular flexibility index (Phi) is 3.55. The molecule has 0 bridgehead atoms. The van der Waals surface area contributed by atoms with Crippen LogP contribution in [0.4, 0.5) is 5.82 Å². The molecule has 1 aromatic heterocycles. The summed E-state index contributed by atoms with van der Waals surface area (Å²) in [5, 5.41) is 16.9. The molecule has 0 saturated heterocycles. The zero-order valence-electron chi connectivity index (χ0n) is 11.6. The average molecular weight is 261 g/mol. The maximum atomic E-state index is 11.2. The molecule has 5 nitrogen and oxygen atoms in total. The van der Waals surface area contributed by atoms with Gasteiger partial charge in [0, 0.05) is 13.1 Å². The van der Waals surface area contributed by atoms with Crippen molar-refractivity contribution in [1.29, 1.82) is 0 Å². The van der Waals surface area contributed by atoms with Gasteiger partial charge in [0.05, 0.1) is 6.20 Å². The Morgan fingerprint density at radius 2 is 2.16 bits per heavy atom. The minimum Gasteiger partial charge on any atom is -0.478 e. The first-order valence-electron chi connectivity index (χ1n) is 6.39. The number of aromatic nitrogens is 2. The van der Waals surface area contributed by atoms with Gasteiger partial charge < -0.3 is 10.0 Å². The summed E-state index contributed by atoms with van der Waals surface area (Å²) in [6.07, 6.45) is 4.51. The maximum Gasteiger partial charge on any atom is 0.339 e. The fourth-order valence-electron chi connectivity index (χ4n) is 2.27. The van der Waals surface area contributed by atoms with Crippen molar-refractivity contribution in [3.63, 3.8) is 0 Å². The lowest BCUT2D eigenvalue weighted by atomic mass is 9.83. The quantitative estimate of drug-likeness (QED) is 0.828. The molecule has 2 heterocycles. The number of hydrogen-bond acceptors (Lipinski definition) is 4. The number of carboxylic acid groups (broad SMARTS) is 1. The fourth-order valence-corrected chi connectivity index (χ4v) is 2.27. The molecule has 1 aliphatic rings. The Morgan fingerprint density at radius 1 is 1.42 bits per heavy atom. The Bertz CT molecular complexity index is 518. The zero-order chi connectivity index (χ0) is 14.0. The van der Waals surface area contributed by atoms with Gasteiger partial charge in [-0.25, -0.2) is 4.79 Å². The van der Waals surface area contributed by atoms with Gasteiger partial charge in [-0.05, 0) is 17.9 Å². The molecule has 0 aromatic carbocycles. The van der Waals surface area contributed by atoms with E-state index in [9.17, 15) is 4.79 Å². The van der Waals surface area contributed by atoms with Crippen molar-refractivity contribution in [2.24, 2.45) is 5.41 Å². The molecule has 0 fully saturated rings. The van der Waals surface area contributed by atoms with Crippen LogP contribution < -0.4 is 4.90 Å². The largest absolute Gasteiger partial charge is 0.478 e. The van der Waals surface area contributed by atoms with E-state index in [1.165, 1.54) is 17.8 Å². The first-order chi connectivity index (χ1) is 8.89. The number of aromatic carboxylic acids is 1. The molecule has 1 N–H and O–H groups in total. The van der Waals surface area contributed by atoms with Crippen LogP contribution in [0.5, 0.6) is 0 Å². The molecule has 2 rings (SSSR count). The van der Waals surface area contributed by atoms with Crippen LogP contribution in [0.3, 0.4) is 0 Å². The highest BCUT2D eigenvalue weighted by Crippen LogP contribution is 2.31. The number of carboxylic acids is 1. The Labute approximate surface area is 113 Å². The standard InChI is InChI=1S/C14H19N3O2/c1-14(2,3)10-5-8-17(9-6-10)12-11(13(18)19)4-7-15-16-12/h4-5,7H,6,8-9H2,1-3H3,(H,18,19). The summed E-state index contributed by atoms with van der Waals surface area (Å²) in [7, 11) is 0. The minimum atomic E-state index is -0.963. The topological polar surface area (TPSA) is 66.3 Å². The van der Waals surface area contributed by atoms with Gasteiger partial charge in [0.25, 0.3) is 0 Å². The molecule has 0 unspecified atom stereocenters. The predicted molar refractivity (Wildman–Crippen MR) is 73.4 cm³/mol. The van der Waals surface area contributed by atoms with Crippen LogP contribution in [0.2, 0.25) is 0 Å². The van der Waals surface area contributed by atoms with E-state index in [1.807, 2.05) is 4.90 Å². The number of hydrogen-bond donors (Lipinski definition) is 1. The summed E-state index contributed by atoms with van der Waals surface area (Å²) in [4.78, 5) is 13.1. The summed E-state index contributed by atoms with van der Waals surface area (Å²) < 4.78 is 0. The number of anilines is 1. The molecule has 0 aliphatic carbocycles. The molecule has 0 radical (unpaired) electrons. The van der Waals surface area contributed by atoms with Crippen LogP contribution in [0, 0.1) is 5.41 Å². The molecule has 102 valence electrons. The second kappa shape index (κ2) is 4.99. The molecule has 0 amide bonds. The normalized spacial score (nSPS) is 16.2. The Balaban J connectivity index is 2.23. The summed E-state index contributed by atoms with van der Waals surface area (Å²) in [5.74, 6) is -0.505. The molecule has 1 aromatic rings. The third-order valence-corrected chi connectivity index (χ3v) is 3.40. The van der Waals surface area contributed by atoms with Gasteiger partial charge in [-0.3, -0.25) is 0 Å². The van der Waals surface area contributed by atoms with Crippen LogP contribution in [0.25, 0.3) is 0 Å². The maximum absolute atomic E-state index is 11.2. The van der Waals surface area contributed by atoms with Crippen molar-refractivity contribution < 1.29 is 9.90 Å². The molecule has 0 saturated carbocycles. The van der Waals surface area contributed by atoms with E-state index in [0.717, 1.165) is 13.0 Å². The zero-order valence-corrected chi connectivity index (χ0v) is 11.6. The monoisotopic (exact) mass is 261 g/mol. The van der Waals surface area contributed by atoms with Gasteiger partial charge in [0.1, 0.15) is 5.56 Å². The lowest BCUT2D eigenvalue weighted by molar-refractivity contribution is 0.0697. The molecule has 0 spiro atoms. The van der Waals surface area contributed by atoms with Gasteiger partial charge in [-0.1, -0.05) is 32.4 Å². The first-order valence-corrected chi connectivity index (χ1v) is 6.39. The molecule has 5 heteroatoms. The Hall–Kier alpha value is -1.91. The van der Waals surface area contributed by atoms with Crippen molar-refractivity contribution in [2.45, 2.75) is 27.2 Å². The van der Waals surface area contributed by atoms with E-state index in [4.69, 9.17) is 5.11 Å². The molecule has 1 aliphatic heterocycles. The smallest absolute Gasteiger partial charge is 0.339 e. The van der Waals surface area contributed by atoms with Crippen molar-refractivity contribution in [3.8, 4) is 0 Å². The van der Waals surface area contributed by atoms with E-state index in [0.29, 0.717) is 12.4 Å². The number of carbonyl (C=O) groups is 1. The SMILES string of the molecule is CC(C)(C)C1=CCN(c2nnccc2C(=O)O)CC1. The van der Waals surface area contributed by atoms with Crippen LogP contribution in [0.1, 0.15) is 37.6 Å². The van der Waals surface area contributed by atoms with E-state index in [-0.39, 0.29) is 11.0 Å². The lowest BCUT2D eigenvalue weighted by Crippen LogP contribution is -2.33. The van der Waals surface area contributed by atoms with Gasteiger partial charge >= 0.3 is 5.97 Å². The van der Waals surface area contributed by atoms with Crippen molar-refractivity contribution in [2.75, 3.05) is 18.0 Å². The van der Waals surface area contributed by atoms with E-state index in [2.05, 4.69) is 37.0 Å². The van der Waals surface area contributed by atoms with Crippen LogP contribution in [0.15, 0.2) is 23.9 Å². The molecular weight excluding hydrogens is 242 g/mol. The van der Waals surface area contributed by atoms with Crippen molar-refractivity contribution in [1.82, 2.24) is 10.2 Å². The molecule has 19 heavy (non-hydrogen) atoms. The highest BCUT2D eigenvalue weighted by molar-refractivity contribution is 5.93. The van der Waals surface area contributed by atoms with E-state index >= 15 is 0 Å². The van der Waals surface area contributed by atoms with E-state index < -0.39 is 5.97 Å². The van der Waals surface area contributed by atoms with Gasteiger partial charge in [-0.15, -0.1) is 5.10 Å². The highest BCUT2D eigenvalue weighted by Gasteiger charge is 2.24. The lowest BCUT2D eigenvalue weighted by Gasteiger charge is -2.32. The summed E-state index contributed by atoms with van der Waals surface area (Å²) >= 11 is 0. The van der Waals surface area contributed by atoms with Crippen molar-refractivity contribution >= 4 is 11.8 Å². The Morgan fingerprint density at radius 3 is 2.68 bits per heavy atom. The summed E-state index contributed by atoms with van der Waals surface area (Å²) in [5.41, 5.74) is 1.79. The minimum absolute atomic E-state index is 0.171. The van der Waals surface area contributed by atoms with E-state index in [1.54, 1.807) is 0 Å². The predicted octanol–water partition coefficient (Wildman–Crippen LogP) is 2.36. The molecule has 0 atom stereocenters. The summed E-state index contributed by atoms with van der Waals surface area (Å²) in [6, 6.07) is 1.49. The summed E-state index contributed by atoms with van der Waals surface area (Å²) in [6.45, 7) is 8.05. The highest BCUT2D eigenvalue weighted by atomic mass is 16.4. The number of nitrogens with zero attached hydrogens (tertiary/aromatic N) is 3. The first kappa shape index (κ1) is 13.5. The van der Waals surface area contributed by atoms with Crippen LogP contribution in [-0.4, -0.2) is 34.4 Å². The van der Waals surface area contributed by atoms with Crippen molar-refractivity contribution in [3.05, 3.63) is 29.5 Å². The third-order valence-electron chi connectivity index (χ3n) is 3.40. The average Bonchev–Trinajstić information content (AvgIpc) is 2.38. The fraction of sp³-hybridized carbons (Fsp3) is 0.500. The van der Waals surface area contributed by atoms with Gasteiger partial charge in [-0.2, -0.15) is 5.10 Å². The van der Waals surface area contributed by atoms with Gasteiger partial charge in [0.15, 0.2) is 5.82 Å². The number of rotatable bonds is 2. The van der Waals surface area contributed by atoms with Crippen LogP contribution in [-0.2, 0) is 0 Å². The van der Waals surface area contributed by atoms with Gasteiger partial charge in [0.2, 0.25) is 0 Å². The third kappa shape index (κ3) is 2.92.